The first kappa shape index (κ1) is 25.5. The molecule has 2 aliphatic rings. The van der Waals surface area contributed by atoms with Crippen molar-refractivity contribution in [2.45, 2.75) is 44.2 Å². The number of amidine groups is 1. The van der Waals surface area contributed by atoms with Crippen molar-refractivity contribution >= 4 is 23.6 Å². The summed E-state index contributed by atoms with van der Waals surface area (Å²) in [6.07, 6.45) is 9.23. The molecule has 0 radical (unpaired) electrons. The first-order valence-corrected chi connectivity index (χ1v) is 12.7. The highest BCUT2D eigenvalue weighted by Gasteiger charge is 2.46. The highest BCUT2D eigenvalue weighted by molar-refractivity contribution is 6.06. The summed E-state index contributed by atoms with van der Waals surface area (Å²) in [6.45, 7) is 3.30. The molecule has 11 heteroatoms. The van der Waals surface area contributed by atoms with Gasteiger partial charge in [-0.2, -0.15) is 10.1 Å². The number of benzene rings is 1. The molecule has 5 rings (SSSR count). The third kappa shape index (κ3) is 5.14. The predicted octanol–water partition coefficient (Wildman–Crippen LogP) is 2.03. The zero-order chi connectivity index (χ0) is 26.9. The number of nitrogens with zero attached hydrogens (tertiary/aromatic N) is 6. The molecule has 0 unspecified atom stereocenters. The lowest BCUT2D eigenvalue weighted by atomic mass is 9.76. The van der Waals surface area contributed by atoms with Crippen LogP contribution < -0.4 is 11.5 Å². The third-order valence-corrected chi connectivity index (χ3v) is 7.65. The van der Waals surface area contributed by atoms with Crippen molar-refractivity contribution in [2.24, 2.45) is 16.6 Å². The summed E-state index contributed by atoms with van der Waals surface area (Å²) < 4.78 is 6.79. The average molecular weight is 517 g/mol. The number of nitrogens with two attached hydrogens (primary N) is 2. The van der Waals surface area contributed by atoms with Crippen molar-refractivity contribution in [2.75, 3.05) is 25.9 Å². The maximum atomic E-state index is 13.0. The van der Waals surface area contributed by atoms with Crippen LogP contribution in [0.4, 0.5) is 5.95 Å². The average Bonchev–Trinajstić information content (AvgIpc) is 3.48. The number of nitrogen functional groups attached to an aromatic ring is 1. The minimum atomic E-state index is -0.592. The number of carbonyl (C=O) groups is 2. The van der Waals surface area contributed by atoms with E-state index in [9.17, 15) is 9.59 Å². The van der Waals surface area contributed by atoms with Crippen molar-refractivity contribution in [3.63, 3.8) is 0 Å². The molecule has 1 aliphatic carbocycles. The van der Waals surface area contributed by atoms with E-state index in [2.05, 4.69) is 20.1 Å². The van der Waals surface area contributed by atoms with Gasteiger partial charge in [-0.3, -0.25) is 14.3 Å². The zero-order valence-electron chi connectivity index (χ0n) is 21.6. The number of methoxy groups -OCH3 is 1. The van der Waals surface area contributed by atoms with Crippen LogP contribution in [0.25, 0.3) is 11.1 Å². The Morgan fingerprint density at radius 2 is 1.82 bits per heavy atom. The van der Waals surface area contributed by atoms with Gasteiger partial charge in [-0.1, -0.05) is 24.3 Å². The molecule has 4 N–H and O–H groups in total. The Hall–Kier alpha value is -4.12. The van der Waals surface area contributed by atoms with Gasteiger partial charge in [-0.05, 0) is 43.2 Å². The molecule has 0 bridgehead atoms. The van der Waals surface area contributed by atoms with Gasteiger partial charge >= 0.3 is 0 Å². The summed E-state index contributed by atoms with van der Waals surface area (Å²) in [5, 5.41) is 4.20. The molecule has 3 heterocycles. The van der Waals surface area contributed by atoms with E-state index >= 15 is 0 Å². The van der Waals surface area contributed by atoms with E-state index in [-0.39, 0.29) is 35.9 Å². The van der Waals surface area contributed by atoms with Gasteiger partial charge in [0.25, 0.3) is 5.91 Å². The van der Waals surface area contributed by atoms with Crippen molar-refractivity contribution in [1.82, 2.24) is 24.6 Å². The number of aliphatic imine (C=N–C) groups is 1. The van der Waals surface area contributed by atoms with Gasteiger partial charge in [-0.25, -0.2) is 9.97 Å². The maximum absolute atomic E-state index is 13.0. The molecular formula is C27H32N8O3. The lowest BCUT2D eigenvalue weighted by Crippen LogP contribution is -2.41. The zero-order valence-corrected chi connectivity index (χ0v) is 21.6. The van der Waals surface area contributed by atoms with Crippen LogP contribution in [0, 0.1) is 5.92 Å². The second kappa shape index (κ2) is 10.3. The Balaban J connectivity index is 1.30. The second-order valence-electron chi connectivity index (χ2n) is 10.1. The largest absolute Gasteiger partial charge is 0.386 e. The maximum Gasteiger partial charge on any atom is 0.281 e. The van der Waals surface area contributed by atoms with Crippen molar-refractivity contribution in [1.29, 1.82) is 0 Å². The quantitative estimate of drug-likeness (QED) is 0.340. The van der Waals surface area contributed by atoms with E-state index < -0.39 is 11.3 Å². The van der Waals surface area contributed by atoms with Crippen molar-refractivity contribution in [3.05, 3.63) is 60.2 Å². The summed E-state index contributed by atoms with van der Waals surface area (Å²) >= 11 is 0. The normalized spacial score (nSPS) is 19.4. The molecule has 2 atom stereocenters. The standard InChI is InChI=1S/C27H32N8O3/c1-27(21-7-8-21,20-5-3-17(4-6-20)18-11-30-26(29)31-12-18)25(28)33-24(37)19-13-32-35(14-19)16-23(36)34-10-9-22(15-34)38-2/h3-6,11-14,21-22H,7-10,15-16H2,1-2H3,(H2,28,33,37)(H2,29,30,31)/t22-,27+/m1/s1. The highest BCUT2D eigenvalue weighted by Crippen LogP contribution is 2.47. The Bertz CT molecular complexity index is 1350. The molecule has 0 spiro atoms. The fourth-order valence-electron chi connectivity index (χ4n) is 4.99. The highest BCUT2D eigenvalue weighted by atomic mass is 16.5. The Morgan fingerprint density at radius 1 is 1.11 bits per heavy atom. The van der Waals surface area contributed by atoms with Crippen LogP contribution in [0.15, 0.2) is 54.0 Å². The number of hydrogen-bond donors (Lipinski definition) is 2. The molecule has 3 aromatic rings. The SMILES string of the molecule is CO[C@@H]1CCN(C(=O)Cn2cc(C(=O)N=C(N)[C@@](C)(c3ccc(-c4cnc(N)nc4)cc3)C3CC3)cn2)C1. The molecule has 1 aromatic carbocycles. The summed E-state index contributed by atoms with van der Waals surface area (Å²) in [6, 6.07) is 7.98. The van der Waals surface area contributed by atoms with Gasteiger partial charge in [0.1, 0.15) is 12.4 Å². The van der Waals surface area contributed by atoms with E-state index in [1.807, 2.05) is 31.2 Å². The van der Waals surface area contributed by atoms with Gasteiger partial charge < -0.3 is 21.1 Å². The second-order valence-corrected chi connectivity index (χ2v) is 10.1. The van der Waals surface area contributed by atoms with Gasteiger partial charge in [-0.15, -0.1) is 0 Å². The van der Waals surface area contributed by atoms with Crippen molar-refractivity contribution < 1.29 is 14.3 Å². The molecule has 2 aromatic heterocycles. The van der Waals surface area contributed by atoms with Crippen LogP contribution in [0.3, 0.4) is 0 Å². The molecular weight excluding hydrogens is 484 g/mol. The smallest absolute Gasteiger partial charge is 0.281 e. The number of anilines is 1. The number of hydrogen-bond acceptors (Lipinski definition) is 7. The van der Waals surface area contributed by atoms with Crippen LogP contribution in [0.5, 0.6) is 0 Å². The predicted molar refractivity (Wildman–Crippen MR) is 142 cm³/mol. The number of ether oxygens (including phenoxy) is 1. The molecule has 1 saturated heterocycles. The van der Waals surface area contributed by atoms with E-state index in [1.165, 1.54) is 10.9 Å². The first-order chi connectivity index (χ1) is 18.3. The Morgan fingerprint density at radius 3 is 2.45 bits per heavy atom. The van der Waals surface area contributed by atoms with Crippen LogP contribution in [0.1, 0.15) is 42.1 Å². The third-order valence-electron chi connectivity index (χ3n) is 7.65. The lowest BCUT2D eigenvalue weighted by molar-refractivity contribution is -0.131. The van der Waals surface area contributed by atoms with Gasteiger partial charge in [0.15, 0.2) is 0 Å². The van der Waals surface area contributed by atoms with E-state index in [0.29, 0.717) is 19.0 Å². The van der Waals surface area contributed by atoms with E-state index in [4.69, 9.17) is 16.2 Å². The van der Waals surface area contributed by atoms with Crippen LogP contribution in [0.2, 0.25) is 0 Å². The molecule has 11 nitrogen and oxygen atoms in total. The van der Waals surface area contributed by atoms with Crippen LogP contribution >= 0.6 is 0 Å². The van der Waals surface area contributed by atoms with Crippen LogP contribution in [-0.4, -0.2) is 68.6 Å². The Labute approximate surface area is 220 Å². The Kier molecular flexibility index (Phi) is 6.94. The van der Waals surface area contributed by atoms with Gasteiger partial charge in [0.05, 0.1) is 23.3 Å². The van der Waals surface area contributed by atoms with Gasteiger partial charge in [0.2, 0.25) is 11.9 Å². The first-order valence-electron chi connectivity index (χ1n) is 12.7. The molecule has 2 fully saturated rings. The summed E-state index contributed by atoms with van der Waals surface area (Å²) in [5.74, 6) is 0.236. The number of likely N-dealkylation sites (tertiary alicyclic amines) is 1. The monoisotopic (exact) mass is 516 g/mol. The topological polar surface area (TPSA) is 155 Å². The minimum Gasteiger partial charge on any atom is -0.386 e. The molecule has 1 aliphatic heterocycles. The summed E-state index contributed by atoms with van der Waals surface area (Å²) in [5.41, 5.74) is 14.6. The molecule has 1 saturated carbocycles. The van der Waals surface area contributed by atoms with Gasteiger partial charge in [0, 0.05) is 44.4 Å². The van der Waals surface area contributed by atoms with E-state index in [0.717, 1.165) is 36.0 Å². The summed E-state index contributed by atoms with van der Waals surface area (Å²) in [7, 11) is 1.65. The number of carbonyl (C=O) groups excluding carboxylic acids is 2. The van der Waals surface area contributed by atoms with Crippen LogP contribution in [-0.2, 0) is 21.5 Å². The summed E-state index contributed by atoms with van der Waals surface area (Å²) in [4.78, 5) is 39.8. The van der Waals surface area contributed by atoms with Crippen molar-refractivity contribution in [3.8, 4) is 11.1 Å². The molecule has 2 amide bonds. The lowest BCUT2D eigenvalue weighted by Gasteiger charge is -2.30. The number of aromatic nitrogens is 4. The number of amides is 2. The number of rotatable bonds is 8. The minimum absolute atomic E-state index is 0.0497. The fourth-order valence-corrected chi connectivity index (χ4v) is 4.99. The fraction of sp³-hybridized carbons (Fsp3) is 0.407. The molecule has 38 heavy (non-hydrogen) atoms. The van der Waals surface area contributed by atoms with E-state index in [1.54, 1.807) is 30.6 Å². The molecule has 198 valence electrons.